The number of benzene rings is 2. The summed E-state index contributed by atoms with van der Waals surface area (Å²) in [6.45, 7) is 3.99. The lowest BCUT2D eigenvalue weighted by Crippen LogP contribution is -2.30. The fourth-order valence-corrected chi connectivity index (χ4v) is 4.84. The lowest BCUT2D eigenvalue weighted by atomic mass is 10.0. The van der Waals surface area contributed by atoms with Crippen molar-refractivity contribution in [1.29, 1.82) is 0 Å². The van der Waals surface area contributed by atoms with Crippen LogP contribution in [-0.2, 0) is 0 Å². The number of non-ortho nitro benzene ring substituents is 1. The van der Waals surface area contributed by atoms with Gasteiger partial charge in [-0.3, -0.25) is 15.1 Å². The minimum atomic E-state index is -0.398. The van der Waals surface area contributed by atoms with Gasteiger partial charge in [-0.2, -0.15) is 0 Å². The maximum Gasteiger partial charge on any atom is 0.269 e. The van der Waals surface area contributed by atoms with Crippen molar-refractivity contribution in [2.75, 3.05) is 4.90 Å². The van der Waals surface area contributed by atoms with E-state index in [1.807, 2.05) is 79.2 Å². The van der Waals surface area contributed by atoms with Gasteiger partial charge in [0.2, 0.25) is 0 Å². The molecule has 1 aliphatic rings. The van der Waals surface area contributed by atoms with Crippen LogP contribution in [0, 0.1) is 10.1 Å². The maximum atomic E-state index is 11.1. The van der Waals surface area contributed by atoms with E-state index in [9.17, 15) is 10.1 Å². The molecule has 9 heteroatoms. The Morgan fingerprint density at radius 2 is 1.72 bits per heavy atom. The molecule has 2 atom stereocenters. The van der Waals surface area contributed by atoms with Gasteiger partial charge in [0.15, 0.2) is 5.11 Å². The predicted octanol–water partition coefficient (Wildman–Crippen LogP) is 5.74. The lowest BCUT2D eigenvalue weighted by Gasteiger charge is -2.29. The van der Waals surface area contributed by atoms with Gasteiger partial charge in [0.05, 0.1) is 22.8 Å². The van der Waals surface area contributed by atoms with Gasteiger partial charge in [0.25, 0.3) is 5.69 Å². The molecule has 182 valence electrons. The van der Waals surface area contributed by atoms with Gasteiger partial charge in [-0.15, -0.1) is 0 Å². The maximum absolute atomic E-state index is 11.1. The van der Waals surface area contributed by atoms with Crippen LogP contribution >= 0.6 is 12.2 Å². The number of hydrogen-bond acceptors (Lipinski definition) is 5. The molecule has 8 nitrogen and oxygen atoms in total. The molecule has 4 aromatic rings. The molecule has 36 heavy (non-hydrogen) atoms. The van der Waals surface area contributed by atoms with E-state index in [2.05, 4.69) is 15.2 Å². The number of ether oxygens (including phenoxy) is 1. The summed E-state index contributed by atoms with van der Waals surface area (Å²) >= 11 is 5.83. The summed E-state index contributed by atoms with van der Waals surface area (Å²) in [6.07, 6.45) is 3.80. The Bertz CT molecular complexity index is 1370. The van der Waals surface area contributed by atoms with Crippen LogP contribution in [0.5, 0.6) is 5.75 Å². The summed E-state index contributed by atoms with van der Waals surface area (Å²) < 4.78 is 7.85. The zero-order chi connectivity index (χ0) is 25.2. The number of pyridine rings is 1. The van der Waals surface area contributed by atoms with Crippen molar-refractivity contribution >= 4 is 28.7 Å². The highest BCUT2D eigenvalue weighted by atomic mass is 32.1. The van der Waals surface area contributed by atoms with Crippen molar-refractivity contribution in [3.8, 4) is 11.4 Å². The van der Waals surface area contributed by atoms with Gasteiger partial charge in [0.1, 0.15) is 11.8 Å². The van der Waals surface area contributed by atoms with Gasteiger partial charge < -0.3 is 19.5 Å². The monoisotopic (exact) mass is 499 g/mol. The van der Waals surface area contributed by atoms with Crippen LogP contribution in [0.1, 0.15) is 37.3 Å². The zero-order valence-electron chi connectivity index (χ0n) is 19.8. The molecular formula is C27H25N5O3S. The summed E-state index contributed by atoms with van der Waals surface area (Å²) in [5.74, 6) is 0.791. The number of rotatable bonds is 7. The van der Waals surface area contributed by atoms with Crippen LogP contribution in [0.4, 0.5) is 11.4 Å². The Labute approximate surface area is 214 Å². The van der Waals surface area contributed by atoms with E-state index >= 15 is 0 Å². The van der Waals surface area contributed by atoms with Crippen molar-refractivity contribution in [3.05, 3.63) is 113 Å². The van der Waals surface area contributed by atoms with Crippen LogP contribution in [0.2, 0.25) is 0 Å². The zero-order valence-corrected chi connectivity index (χ0v) is 20.6. The molecule has 5 rings (SSSR count). The molecule has 0 bridgehead atoms. The predicted molar refractivity (Wildman–Crippen MR) is 143 cm³/mol. The molecule has 0 unspecified atom stereocenters. The molecule has 1 N–H and O–H groups in total. The summed E-state index contributed by atoms with van der Waals surface area (Å²) in [5, 5.41) is 15.2. The molecule has 0 aliphatic carbocycles. The van der Waals surface area contributed by atoms with Crippen molar-refractivity contribution in [3.63, 3.8) is 0 Å². The van der Waals surface area contributed by atoms with Gasteiger partial charge in [0, 0.05) is 41.6 Å². The highest BCUT2D eigenvalue weighted by molar-refractivity contribution is 7.80. The number of nitrogens with one attached hydrogen (secondary N) is 1. The quantitative estimate of drug-likeness (QED) is 0.197. The van der Waals surface area contributed by atoms with Gasteiger partial charge in [-0.05, 0) is 86.7 Å². The minimum absolute atomic E-state index is 0.0489. The Morgan fingerprint density at radius 1 is 1.00 bits per heavy atom. The Balaban J connectivity index is 1.59. The molecule has 3 heterocycles. The SMILES string of the molecule is CC(C)Oc1ccc(N2C(=S)N[C@@H](c3ccccn3)[C@@H]2c2cccn2-c2ccc([N+](=O)[O-])cc2)cc1. The van der Waals surface area contributed by atoms with E-state index in [0.717, 1.165) is 28.5 Å². The largest absolute Gasteiger partial charge is 0.491 e. The summed E-state index contributed by atoms with van der Waals surface area (Å²) in [5.41, 5.74) is 3.62. The smallest absolute Gasteiger partial charge is 0.269 e. The molecule has 0 radical (unpaired) electrons. The molecule has 1 aliphatic heterocycles. The Hall–Kier alpha value is -4.24. The number of nitro groups is 1. The van der Waals surface area contributed by atoms with Gasteiger partial charge >= 0.3 is 0 Å². The summed E-state index contributed by atoms with van der Waals surface area (Å²) in [4.78, 5) is 17.4. The normalized spacial score (nSPS) is 17.3. The van der Waals surface area contributed by atoms with Crippen molar-refractivity contribution in [1.82, 2.24) is 14.9 Å². The number of thiocarbonyl (C=S) groups is 1. The van der Waals surface area contributed by atoms with Crippen LogP contribution in [0.15, 0.2) is 91.3 Å². The van der Waals surface area contributed by atoms with Crippen molar-refractivity contribution in [2.45, 2.75) is 32.0 Å². The fourth-order valence-electron chi connectivity index (χ4n) is 4.50. The van der Waals surface area contributed by atoms with E-state index in [4.69, 9.17) is 17.0 Å². The fraction of sp³-hybridized carbons (Fsp3) is 0.185. The van der Waals surface area contributed by atoms with Crippen molar-refractivity contribution < 1.29 is 9.66 Å². The van der Waals surface area contributed by atoms with Gasteiger partial charge in [-0.25, -0.2) is 0 Å². The van der Waals surface area contributed by atoms with E-state index in [1.165, 1.54) is 12.1 Å². The standard InChI is InChI=1S/C27H25N5O3S/c1-18(2)35-22-14-12-20(13-15-22)31-26(25(29-27(31)36)23-6-3-4-16-28-23)24-7-5-17-30(24)19-8-10-21(11-9-19)32(33)34/h3-18,25-26H,1-2H3,(H,29,36)/t25-,26-/m0/s1. The second-order valence-corrected chi connectivity index (χ2v) is 9.12. The third-order valence-corrected chi connectivity index (χ3v) is 6.32. The Kier molecular flexibility index (Phi) is 6.39. The first-order valence-corrected chi connectivity index (χ1v) is 12.0. The van der Waals surface area contributed by atoms with E-state index in [0.29, 0.717) is 5.11 Å². The third kappa shape index (κ3) is 4.52. The molecule has 2 aromatic carbocycles. The molecular weight excluding hydrogens is 474 g/mol. The molecule has 2 aromatic heterocycles. The van der Waals surface area contributed by atoms with Crippen LogP contribution < -0.4 is 15.0 Å². The van der Waals surface area contributed by atoms with Crippen molar-refractivity contribution in [2.24, 2.45) is 0 Å². The first-order chi connectivity index (χ1) is 17.4. The second kappa shape index (κ2) is 9.79. The van der Waals surface area contributed by atoms with Crippen LogP contribution in [-0.4, -0.2) is 25.7 Å². The highest BCUT2D eigenvalue weighted by Gasteiger charge is 2.42. The molecule has 1 fully saturated rings. The topological polar surface area (TPSA) is 85.5 Å². The summed E-state index contributed by atoms with van der Waals surface area (Å²) in [6, 6.07) is 23.8. The minimum Gasteiger partial charge on any atom is -0.491 e. The number of nitro benzene ring substituents is 1. The number of anilines is 1. The van der Waals surface area contributed by atoms with Crippen LogP contribution in [0.25, 0.3) is 5.69 Å². The molecule has 1 saturated heterocycles. The van der Waals surface area contributed by atoms with E-state index < -0.39 is 4.92 Å². The van der Waals surface area contributed by atoms with E-state index in [1.54, 1.807) is 18.3 Å². The van der Waals surface area contributed by atoms with Crippen LogP contribution in [0.3, 0.4) is 0 Å². The Morgan fingerprint density at radius 3 is 2.36 bits per heavy atom. The van der Waals surface area contributed by atoms with E-state index in [-0.39, 0.29) is 23.9 Å². The number of nitrogens with zero attached hydrogens (tertiary/aromatic N) is 4. The summed E-state index contributed by atoms with van der Waals surface area (Å²) in [7, 11) is 0. The first kappa shape index (κ1) is 23.5. The third-order valence-electron chi connectivity index (χ3n) is 6.01. The molecule has 0 amide bonds. The average Bonchev–Trinajstić information content (AvgIpc) is 3.49. The average molecular weight is 500 g/mol. The lowest BCUT2D eigenvalue weighted by molar-refractivity contribution is -0.384. The molecule has 0 saturated carbocycles. The molecule has 0 spiro atoms. The number of aromatic nitrogens is 2. The second-order valence-electron chi connectivity index (χ2n) is 8.73. The highest BCUT2D eigenvalue weighted by Crippen LogP contribution is 2.42. The van der Waals surface area contributed by atoms with Gasteiger partial charge in [-0.1, -0.05) is 6.07 Å². The first-order valence-electron chi connectivity index (χ1n) is 11.6. The number of hydrogen-bond donors (Lipinski definition) is 1.